The van der Waals surface area contributed by atoms with Crippen LogP contribution in [0, 0.1) is 0 Å². The molecule has 0 saturated carbocycles. The number of nitrogens with one attached hydrogen (secondary N) is 1. The SMILES string of the molecule is CCc1nc(N(C)Cc2ccc(Cl)cc2)sc1CNC. The molecule has 0 fully saturated rings. The number of aromatic nitrogens is 1. The van der Waals surface area contributed by atoms with E-state index in [9.17, 15) is 0 Å². The van der Waals surface area contributed by atoms with E-state index in [0.717, 1.165) is 29.7 Å². The summed E-state index contributed by atoms with van der Waals surface area (Å²) in [6, 6.07) is 7.97. The molecule has 2 aromatic rings. The van der Waals surface area contributed by atoms with Gasteiger partial charge in [0.05, 0.1) is 5.69 Å². The van der Waals surface area contributed by atoms with Gasteiger partial charge in [-0.05, 0) is 31.2 Å². The average Bonchev–Trinajstić information content (AvgIpc) is 2.85. The highest BCUT2D eigenvalue weighted by Gasteiger charge is 2.12. The Morgan fingerprint density at radius 3 is 2.60 bits per heavy atom. The number of halogens is 1. The van der Waals surface area contributed by atoms with Gasteiger partial charge in [0.25, 0.3) is 0 Å². The smallest absolute Gasteiger partial charge is 0.185 e. The monoisotopic (exact) mass is 309 g/mol. The van der Waals surface area contributed by atoms with Gasteiger partial charge in [0.1, 0.15) is 0 Å². The Labute approximate surface area is 129 Å². The molecule has 0 atom stereocenters. The van der Waals surface area contributed by atoms with Gasteiger partial charge in [-0.2, -0.15) is 0 Å². The predicted octanol–water partition coefficient (Wildman–Crippen LogP) is 3.71. The number of aryl methyl sites for hydroxylation is 1. The molecule has 0 aliphatic carbocycles. The molecule has 0 aliphatic rings. The van der Waals surface area contributed by atoms with E-state index in [-0.39, 0.29) is 0 Å². The Kier molecular flexibility index (Phi) is 5.40. The second-order valence-electron chi connectivity index (χ2n) is 4.73. The quantitative estimate of drug-likeness (QED) is 0.881. The highest BCUT2D eigenvalue weighted by Crippen LogP contribution is 2.27. The summed E-state index contributed by atoms with van der Waals surface area (Å²) < 4.78 is 0. The minimum atomic E-state index is 0.773. The summed E-state index contributed by atoms with van der Waals surface area (Å²) >= 11 is 7.68. The Hall–Kier alpha value is -1.10. The first-order chi connectivity index (χ1) is 9.63. The van der Waals surface area contributed by atoms with Crippen LogP contribution in [0.3, 0.4) is 0 Å². The summed E-state index contributed by atoms with van der Waals surface area (Å²) in [5, 5.41) is 5.05. The number of rotatable bonds is 6. The molecule has 0 amide bonds. The molecule has 1 aromatic carbocycles. The highest BCUT2D eigenvalue weighted by atomic mass is 35.5. The highest BCUT2D eigenvalue weighted by molar-refractivity contribution is 7.15. The van der Waals surface area contributed by atoms with Gasteiger partial charge in [0, 0.05) is 30.0 Å². The summed E-state index contributed by atoms with van der Waals surface area (Å²) in [6.45, 7) is 3.87. The van der Waals surface area contributed by atoms with Crippen LogP contribution in [0.4, 0.5) is 5.13 Å². The van der Waals surface area contributed by atoms with Gasteiger partial charge in [-0.3, -0.25) is 0 Å². The largest absolute Gasteiger partial charge is 0.347 e. The van der Waals surface area contributed by atoms with Crippen LogP contribution in [0.5, 0.6) is 0 Å². The second-order valence-corrected chi connectivity index (χ2v) is 6.23. The number of hydrogen-bond acceptors (Lipinski definition) is 4. The molecule has 5 heteroatoms. The third kappa shape index (κ3) is 3.72. The summed E-state index contributed by atoms with van der Waals surface area (Å²) in [6.07, 6.45) is 0.975. The Bertz CT molecular complexity index is 551. The van der Waals surface area contributed by atoms with Crippen molar-refractivity contribution >= 4 is 28.1 Å². The van der Waals surface area contributed by atoms with Crippen molar-refractivity contribution < 1.29 is 0 Å². The molecule has 0 aliphatic heterocycles. The topological polar surface area (TPSA) is 28.2 Å². The molecule has 20 heavy (non-hydrogen) atoms. The van der Waals surface area contributed by atoms with Crippen molar-refractivity contribution in [3.63, 3.8) is 0 Å². The first-order valence-electron chi connectivity index (χ1n) is 6.72. The molecule has 0 bridgehead atoms. The zero-order valence-electron chi connectivity index (χ0n) is 12.1. The van der Waals surface area contributed by atoms with Crippen molar-refractivity contribution in [2.45, 2.75) is 26.4 Å². The molecule has 2 rings (SSSR count). The minimum absolute atomic E-state index is 0.773. The third-order valence-corrected chi connectivity index (χ3v) is 4.56. The molecule has 3 nitrogen and oxygen atoms in total. The van der Waals surface area contributed by atoms with Gasteiger partial charge in [0.2, 0.25) is 0 Å². The second kappa shape index (κ2) is 7.07. The molecule has 1 N–H and O–H groups in total. The van der Waals surface area contributed by atoms with Gasteiger partial charge < -0.3 is 10.2 Å². The van der Waals surface area contributed by atoms with Gasteiger partial charge in [0.15, 0.2) is 5.13 Å². The third-order valence-electron chi connectivity index (χ3n) is 3.10. The lowest BCUT2D eigenvalue weighted by atomic mass is 10.2. The van der Waals surface area contributed by atoms with Crippen molar-refractivity contribution in [3.8, 4) is 0 Å². The number of hydrogen-bond donors (Lipinski definition) is 1. The van der Waals surface area contributed by atoms with Crippen LogP contribution >= 0.6 is 22.9 Å². The molecule has 0 spiro atoms. The number of anilines is 1. The van der Waals surface area contributed by atoms with Crippen LogP contribution in [0.15, 0.2) is 24.3 Å². The van der Waals surface area contributed by atoms with Crippen molar-refractivity contribution in [1.82, 2.24) is 10.3 Å². The standard InChI is InChI=1S/C15H20ClN3S/c1-4-13-14(9-17-2)20-15(18-13)19(3)10-11-5-7-12(16)8-6-11/h5-8,17H,4,9-10H2,1-3H3. The first-order valence-corrected chi connectivity index (χ1v) is 7.92. The van der Waals surface area contributed by atoms with Gasteiger partial charge in [-0.1, -0.05) is 30.7 Å². The van der Waals surface area contributed by atoms with Gasteiger partial charge >= 0.3 is 0 Å². The lowest BCUT2D eigenvalue weighted by molar-refractivity contribution is 0.813. The summed E-state index contributed by atoms with van der Waals surface area (Å²) in [7, 11) is 4.05. The molecule has 1 aromatic heterocycles. The van der Waals surface area contributed by atoms with Crippen LogP contribution in [0.2, 0.25) is 5.02 Å². The lowest BCUT2D eigenvalue weighted by Gasteiger charge is -2.15. The fourth-order valence-corrected chi connectivity index (χ4v) is 3.29. The fourth-order valence-electron chi connectivity index (χ4n) is 2.04. The van der Waals surface area contributed by atoms with Crippen molar-refractivity contribution in [1.29, 1.82) is 0 Å². The van der Waals surface area contributed by atoms with Crippen LogP contribution in [-0.2, 0) is 19.5 Å². The van der Waals surface area contributed by atoms with Crippen molar-refractivity contribution in [2.75, 3.05) is 19.0 Å². The van der Waals surface area contributed by atoms with Crippen LogP contribution < -0.4 is 10.2 Å². The molecule has 108 valence electrons. The lowest BCUT2D eigenvalue weighted by Crippen LogP contribution is -2.16. The van der Waals surface area contributed by atoms with E-state index in [1.807, 2.05) is 19.2 Å². The Morgan fingerprint density at radius 2 is 2.00 bits per heavy atom. The molecule has 1 heterocycles. The normalized spacial score (nSPS) is 10.8. The summed E-state index contributed by atoms with van der Waals surface area (Å²) in [4.78, 5) is 8.25. The van der Waals surface area contributed by atoms with E-state index >= 15 is 0 Å². The van der Waals surface area contributed by atoms with Crippen LogP contribution in [-0.4, -0.2) is 19.1 Å². The van der Waals surface area contributed by atoms with E-state index in [1.165, 1.54) is 16.1 Å². The van der Waals surface area contributed by atoms with Crippen LogP contribution in [0.1, 0.15) is 23.1 Å². The van der Waals surface area contributed by atoms with E-state index in [4.69, 9.17) is 16.6 Å². The zero-order chi connectivity index (χ0) is 14.5. The average molecular weight is 310 g/mol. The molecule has 0 radical (unpaired) electrons. The van der Waals surface area contributed by atoms with Gasteiger partial charge in [-0.25, -0.2) is 4.98 Å². The predicted molar refractivity (Wildman–Crippen MR) is 87.8 cm³/mol. The molecular formula is C15H20ClN3S. The van der Waals surface area contributed by atoms with Gasteiger partial charge in [-0.15, -0.1) is 11.3 Å². The summed E-state index contributed by atoms with van der Waals surface area (Å²) in [5.74, 6) is 0. The van der Waals surface area contributed by atoms with E-state index in [0.29, 0.717) is 0 Å². The fraction of sp³-hybridized carbons (Fsp3) is 0.400. The van der Waals surface area contributed by atoms with E-state index < -0.39 is 0 Å². The zero-order valence-corrected chi connectivity index (χ0v) is 13.7. The minimum Gasteiger partial charge on any atom is -0.347 e. The molecule has 0 unspecified atom stereocenters. The maximum Gasteiger partial charge on any atom is 0.185 e. The first kappa shape index (κ1) is 15.3. The van der Waals surface area contributed by atoms with Crippen molar-refractivity contribution in [2.24, 2.45) is 0 Å². The molecular weight excluding hydrogens is 290 g/mol. The number of nitrogens with zero attached hydrogens (tertiary/aromatic N) is 2. The number of benzene rings is 1. The van der Waals surface area contributed by atoms with E-state index in [2.05, 4.69) is 36.3 Å². The molecule has 0 saturated heterocycles. The Morgan fingerprint density at radius 1 is 1.30 bits per heavy atom. The number of thiazole rings is 1. The maximum absolute atomic E-state index is 5.91. The summed E-state index contributed by atoms with van der Waals surface area (Å²) in [5.41, 5.74) is 2.43. The Balaban J connectivity index is 2.12. The maximum atomic E-state index is 5.91. The van der Waals surface area contributed by atoms with Crippen molar-refractivity contribution in [3.05, 3.63) is 45.4 Å². The van der Waals surface area contributed by atoms with E-state index in [1.54, 1.807) is 11.3 Å². The van der Waals surface area contributed by atoms with Crippen LogP contribution in [0.25, 0.3) is 0 Å².